The van der Waals surface area contributed by atoms with Gasteiger partial charge >= 0.3 is 0 Å². The van der Waals surface area contributed by atoms with Gasteiger partial charge in [-0.1, -0.05) is 30.3 Å². The third kappa shape index (κ3) is 3.65. The Balaban J connectivity index is 1.72. The number of thiazole rings is 1. The Morgan fingerprint density at radius 3 is 2.46 bits per heavy atom. The minimum Gasteiger partial charge on any atom is -0.319 e. The number of nitrogens with one attached hydrogen (secondary N) is 1. The SMILES string of the molecule is O=C(NC(=C1CCN(Cl)CC1)c1nc2ccccc2s1)c1ccccc1. The van der Waals surface area contributed by atoms with E-state index in [0.717, 1.165) is 46.9 Å². The van der Waals surface area contributed by atoms with Gasteiger partial charge in [-0.25, -0.2) is 9.40 Å². The van der Waals surface area contributed by atoms with Crippen LogP contribution < -0.4 is 5.32 Å². The molecule has 1 fully saturated rings. The molecule has 0 radical (unpaired) electrons. The Morgan fingerprint density at radius 1 is 1.04 bits per heavy atom. The number of hydrogen-bond acceptors (Lipinski definition) is 4. The maximum absolute atomic E-state index is 12.7. The van der Waals surface area contributed by atoms with E-state index in [9.17, 15) is 4.79 Å². The van der Waals surface area contributed by atoms with Gasteiger partial charge in [0.15, 0.2) is 0 Å². The zero-order valence-corrected chi connectivity index (χ0v) is 15.7. The molecule has 132 valence electrons. The number of amides is 1. The van der Waals surface area contributed by atoms with E-state index in [2.05, 4.69) is 11.4 Å². The molecular weight excluding hydrogens is 366 g/mol. The molecule has 1 aliphatic heterocycles. The third-order valence-corrected chi connectivity index (χ3v) is 5.84. The van der Waals surface area contributed by atoms with Crippen molar-refractivity contribution in [1.82, 2.24) is 14.7 Å². The lowest BCUT2D eigenvalue weighted by atomic mass is 10.0. The number of rotatable bonds is 3. The fraction of sp³-hybridized carbons (Fsp3) is 0.200. The highest BCUT2D eigenvalue weighted by molar-refractivity contribution is 7.19. The largest absolute Gasteiger partial charge is 0.319 e. The van der Waals surface area contributed by atoms with Crippen molar-refractivity contribution >= 4 is 44.9 Å². The fourth-order valence-electron chi connectivity index (χ4n) is 3.05. The van der Waals surface area contributed by atoms with Gasteiger partial charge in [-0.3, -0.25) is 4.79 Å². The van der Waals surface area contributed by atoms with Gasteiger partial charge in [0.2, 0.25) is 0 Å². The number of halogens is 1. The predicted molar refractivity (Wildman–Crippen MR) is 107 cm³/mol. The van der Waals surface area contributed by atoms with E-state index < -0.39 is 0 Å². The second-order valence-corrected chi connectivity index (χ2v) is 7.70. The third-order valence-electron chi connectivity index (χ3n) is 4.45. The summed E-state index contributed by atoms with van der Waals surface area (Å²) < 4.78 is 2.91. The molecule has 1 N–H and O–H groups in total. The van der Waals surface area contributed by atoms with Crippen LogP contribution in [0.1, 0.15) is 28.2 Å². The molecule has 0 atom stereocenters. The first kappa shape index (κ1) is 17.2. The van der Waals surface area contributed by atoms with E-state index >= 15 is 0 Å². The monoisotopic (exact) mass is 383 g/mol. The molecule has 4 rings (SSSR count). The number of nitrogens with zero attached hydrogens (tertiary/aromatic N) is 2. The predicted octanol–water partition coefficient (Wildman–Crippen LogP) is 4.69. The average molecular weight is 384 g/mol. The van der Waals surface area contributed by atoms with Crippen molar-refractivity contribution in [2.24, 2.45) is 0 Å². The first-order valence-electron chi connectivity index (χ1n) is 8.56. The van der Waals surface area contributed by atoms with E-state index in [1.165, 1.54) is 5.57 Å². The van der Waals surface area contributed by atoms with Crippen LogP contribution in [0.3, 0.4) is 0 Å². The van der Waals surface area contributed by atoms with E-state index in [4.69, 9.17) is 16.8 Å². The Labute approximate surface area is 161 Å². The van der Waals surface area contributed by atoms with Gasteiger partial charge < -0.3 is 5.32 Å². The van der Waals surface area contributed by atoms with E-state index in [-0.39, 0.29) is 5.91 Å². The van der Waals surface area contributed by atoms with Gasteiger partial charge in [-0.15, -0.1) is 11.3 Å². The molecule has 1 amide bonds. The number of fused-ring (bicyclic) bond motifs is 1. The van der Waals surface area contributed by atoms with Crippen LogP contribution in [0.2, 0.25) is 0 Å². The number of hydrogen-bond donors (Lipinski definition) is 1. The zero-order valence-electron chi connectivity index (χ0n) is 14.1. The summed E-state index contributed by atoms with van der Waals surface area (Å²) in [6.07, 6.45) is 1.65. The Morgan fingerprint density at radius 2 is 1.73 bits per heavy atom. The van der Waals surface area contributed by atoms with Crippen molar-refractivity contribution in [3.8, 4) is 0 Å². The summed E-state index contributed by atoms with van der Waals surface area (Å²) in [5.74, 6) is -0.111. The molecule has 0 unspecified atom stereocenters. The summed E-state index contributed by atoms with van der Waals surface area (Å²) in [6.45, 7) is 1.54. The van der Waals surface area contributed by atoms with Crippen molar-refractivity contribution in [3.05, 3.63) is 70.7 Å². The molecule has 3 aromatic rings. The van der Waals surface area contributed by atoms with E-state index in [1.54, 1.807) is 15.8 Å². The maximum atomic E-state index is 12.7. The maximum Gasteiger partial charge on any atom is 0.255 e. The number of piperidine rings is 1. The van der Waals surface area contributed by atoms with Crippen molar-refractivity contribution in [2.75, 3.05) is 13.1 Å². The van der Waals surface area contributed by atoms with Crippen molar-refractivity contribution in [2.45, 2.75) is 12.8 Å². The van der Waals surface area contributed by atoms with Gasteiger partial charge in [0.1, 0.15) is 5.01 Å². The molecular formula is C20H18ClN3OS. The van der Waals surface area contributed by atoms with Crippen LogP contribution >= 0.6 is 23.1 Å². The molecule has 26 heavy (non-hydrogen) atoms. The normalized spacial score (nSPS) is 15.2. The van der Waals surface area contributed by atoms with Crippen molar-refractivity contribution < 1.29 is 4.79 Å². The smallest absolute Gasteiger partial charge is 0.255 e. The summed E-state index contributed by atoms with van der Waals surface area (Å²) in [6, 6.07) is 17.3. The molecule has 0 aliphatic carbocycles. The van der Waals surface area contributed by atoms with Gasteiger partial charge in [0.25, 0.3) is 5.91 Å². The van der Waals surface area contributed by atoms with Gasteiger partial charge in [-0.05, 0) is 54.5 Å². The molecule has 2 heterocycles. The van der Waals surface area contributed by atoms with Gasteiger partial charge in [-0.2, -0.15) is 0 Å². The first-order valence-corrected chi connectivity index (χ1v) is 9.71. The van der Waals surface area contributed by atoms with Gasteiger partial charge in [0, 0.05) is 18.7 Å². The van der Waals surface area contributed by atoms with Crippen LogP contribution in [0.5, 0.6) is 0 Å². The minimum absolute atomic E-state index is 0.111. The molecule has 0 bridgehead atoms. The first-order chi connectivity index (χ1) is 12.7. The fourth-order valence-corrected chi connectivity index (χ4v) is 4.23. The summed E-state index contributed by atoms with van der Waals surface area (Å²) >= 11 is 7.72. The highest BCUT2D eigenvalue weighted by atomic mass is 35.5. The quantitative estimate of drug-likeness (QED) is 0.667. The Kier molecular flexibility index (Phi) is 5.02. The summed E-state index contributed by atoms with van der Waals surface area (Å²) in [5, 5.41) is 3.98. The summed E-state index contributed by atoms with van der Waals surface area (Å²) in [7, 11) is 0. The molecule has 2 aromatic carbocycles. The standard InChI is InChI=1S/C20H18ClN3OS/c21-24-12-10-14(11-13-24)18(23-19(25)15-6-2-1-3-7-15)20-22-16-8-4-5-9-17(16)26-20/h1-9H,10-13H2,(H,23,25). The molecule has 0 spiro atoms. The van der Waals surface area contributed by atoms with Crippen LogP contribution in [0.25, 0.3) is 15.9 Å². The number of carbonyl (C=O) groups excluding carboxylic acids is 1. The number of para-hydroxylation sites is 1. The Bertz CT molecular complexity index is 924. The summed E-state index contributed by atoms with van der Waals surface area (Å²) in [5.41, 5.74) is 3.63. The summed E-state index contributed by atoms with van der Waals surface area (Å²) in [4.78, 5) is 17.5. The molecule has 6 heteroatoms. The highest BCUT2D eigenvalue weighted by Gasteiger charge is 2.21. The lowest BCUT2D eigenvalue weighted by molar-refractivity contribution is 0.0973. The highest BCUT2D eigenvalue weighted by Crippen LogP contribution is 2.31. The van der Waals surface area contributed by atoms with E-state index in [0.29, 0.717) is 5.56 Å². The molecule has 0 saturated carbocycles. The Hall–Kier alpha value is -2.21. The van der Waals surface area contributed by atoms with Crippen molar-refractivity contribution in [1.29, 1.82) is 0 Å². The second-order valence-electron chi connectivity index (χ2n) is 6.20. The van der Waals surface area contributed by atoms with Crippen molar-refractivity contribution in [3.63, 3.8) is 0 Å². The second kappa shape index (κ2) is 7.58. The lowest BCUT2D eigenvalue weighted by Gasteiger charge is -2.24. The average Bonchev–Trinajstić information content (AvgIpc) is 3.11. The van der Waals surface area contributed by atoms with Crippen LogP contribution in [0, 0.1) is 0 Å². The number of carbonyl (C=O) groups is 1. The van der Waals surface area contributed by atoms with Crippen LogP contribution in [0.15, 0.2) is 60.2 Å². The van der Waals surface area contributed by atoms with Crippen LogP contribution in [-0.4, -0.2) is 28.4 Å². The number of benzene rings is 2. The molecule has 4 nitrogen and oxygen atoms in total. The molecule has 1 saturated heterocycles. The zero-order chi connectivity index (χ0) is 17.9. The molecule has 1 aliphatic rings. The lowest BCUT2D eigenvalue weighted by Crippen LogP contribution is -2.27. The number of aromatic nitrogens is 1. The van der Waals surface area contributed by atoms with Crippen LogP contribution in [-0.2, 0) is 0 Å². The minimum atomic E-state index is -0.111. The van der Waals surface area contributed by atoms with Crippen LogP contribution in [0.4, 0.5) is 0 Å². The molecule has 1 aromatic heterocycles. The van der Waals surface area contributed by atoms with Gasteiger partial charge in [0.05, 0.1) is 15.9 Å². The van der Waals surface area contributed by atoms with E-state index in [1.807, 2.05) is 48.5 Å². The topological polar surface area (TPSA) is 45.2 Å².